The number of amides is 1. The molecule has 2 heterocycles. The number of hydrogen-bond donors (Lipinski definition) is 0. The number of hydrogen-bond acceptors (Lipinski definition) is 2. The summed E-state index contributed by atoms with van der Waals surface area (Å²) in [4.78, 5) is 15.2. The third-order valence-electron chi connectivity index (χ3n) is 4.82. The highest BCUT2D eigenvalue weighted by Gasteiger charge is 2.19. The number of carbonyl (C=O) groups is 1. The van der Waals surface area contributed by atoms with Crippen LogP contribution in [0.25, 0.3) is 10.2 Å². The average molecular weight is 375 g/mol. The molecule has 136 valence electrons. The lowest BCUT2D eigenvalue weighted by atomic mass is 10.1. The van der Waals surface area contributed by atoms with Crippen molar-refractivity contribution in [2.45, 2.75) is 26.9 Å². The van der Waals surface area contributed by atoms with Crippen LogP contribution in [-0.2, 0) is 17.9 Å². The van der Waals surface area contributed by atoms with Gasteiger partial charge in [0, 0.05) is 11.4 Å². The largest absolute Gasteiger partial charge is 0.335 e. The minimum Gasteiger partial charge on any atom is -0.335 e. The van der Waals surface area contributed by atoms with Gasteiger partial charge in [0.05, 0.1) is 16.8 Å². The fourth-order valence-corrected chi connectivity index (χ4v) is 4.30. The van der Waals surface area contributed by atoms with Crippen LogP contribution in [0.3, 0.4) is 0 Å². The van der Waals surface area contributed by atoms with E-state index in [-0.39, 0.29) is 5.91 Å². The molecule has 0 saturated carbocycles. The van der Waals surface area contributed by atoms with Crippen molar-refractivity contribution in [1.82, 2.24) is 4.57 Å². The summed E-state index contributed by atoms with van der Waals surface area (Å²) in [6.07, 6.45) is 0. The zero-order valence-corrected chi connectivity index (χ0v) is 16.4. The number of rotatable bonds is 5. The molecule has 0 unspecified atom stereocenters. The van der Waals surface area contributed by atoms with Crippen LogP contribution in [0.4, 0.5) is 5.69 Å². The second-order valence-corrected chi connectivity index (χ2v) is 7.79. The molecule has 0 atom stereocenters. The molecule has 0 aliphatic heterocycles. The molecule has 0 fully saturated rings. The van der Waals surface area contributed by atoms with E-state index in [1.54, 1.807) is 11.3 Å². The van der Waals surface area contributed by atoms with Gasteiger partial charge < -0.3 is 9.47 Å². The number of nitrogens with zero attached hydrogens (tertiary/aromatic N) is 2. The number of thiophene rings is 1. The highest BCUT2D eigenvalue weighted by molar-refractivity contribution is 7.17. The van der Waals surface area contributed by atoms with E-state index in [0.717, 1.165) is 28.0 Å². The summed E-state index contributed by atoms with van der Waals surface area (Å²) in [6, 6.07) is 22.5. The fraction of sp³-hybridized carbons (Fsp3) is 0.174. The van der Waals surface area contributed by atoms with Crippen molar-refractivity contribution in [2.75, 3.05) is 4.90 Å². The van der Waals surface area contributed by atoms with Gasteiger partial charge in [0.15, 0.2) is 0 Å². The summed E-state index contributed by atoms with van der Waals surface area (Å²) >= 11 is 1.71. The van der Waals surface area contributed by atoms with E-state index in [0.29, 0.717) is 13.1 Å². The van der Waals surface area contributed by atoms with E-state index >= 15 is 0 Å². The highest BCUT2D eigenvalue weighted by Crippen LogP contribution is 2.26. The van der Waals surface area contributed by atoms with Crippen molar-refractivity contribution in [2.24, 2.45) is 0 Å². The van der Waals surface area contributed by atoms with Gasteiger partial charge in [0.1, 0.15) is 6.54 Å². The summed E-state index contributed by atoms with van der Waals surface area (Å²) in [5.74, 6) is 0.0938. The second-order valence-electron chi connectivity index (χ2n) is 6.85. The molecule has 0 aliphatic carbocycles. The standard InChI is InChI=1S/C23H22N2OS/c1-17-7-6-10-20(13-17)25(15-19-8-4-3-5-9-19)23(26)16-24-18(2)14-22-21(24)11-12-27-22/h3-14H,15-16H2,1-2H3. The van der Waals surface area contributed by atoms with Gasteiger partial charge in [-0.3, -0.25) is 4.79 Å². The third kappa shape index (κ3) is 3.67. The lowest BCUT2D eigenvalue weighted by Crippen LogP contribution is -2.33. The number of aryl methyl sites for hydroxylation is 2. The Labute approximate surface area is 163 Å². The summed E-state index contributed by atoms with van der Waals surface area (Å²) < 4.78 is 3.34. The van der Waals surface area contributed by atoms with E-state index in [9.17, 15) is 4.79 Å². The molecule has 0 spiro atoms. The normalized spacial score (nSPS) is 11.0. The number of fused-ring (bicyclic) bond motifs is 1. The van der Waals surface area contributed by atoms with Crippen molar-refractivity contribution in [3.8, 4) is 0 Å². The molecule has 4 aromatic rings. The maximum Gasteiger partial charge on any atom is 0.247 e. The Kier molecular flexibility index (Phi) is 4.82. The minimum absolute atomic E-state index is 0.0938. The quantitative estimate of drug-likeness (QED) is 0.449. The van der Waals surface area contributed by atoms with Crippen LogP contribution in [0.1, 0.15) is 16.8 Å². The molecule has 4 rings (SSSR count). The second kappa shape index (κ2) is 7.41. The van der Waals surface area contributed by atoms with Crippen LogP contribution in [0.2, 0.25) is 0 Å². The molecule has 0 bridgehead atoms. The van der Waals surface area contributed by atoms with Crippen molar-refractivity contribution >= 4 is 33.1 Å². The molecule has 0 N–H and O–H groups in total. The number of carbonyl (C=O) groups excluding carboxylic acids is 1. The van der Waals surface area contributed by atoms with Gasteiger partial charge in [-0.1, -0.05) is 42.5 Å². The average Bonchev–Trinajstić information content (AvgIpc) is 3.23. The fourth-order valence-electron chi connectivity index (χ4n) is 3.42. The summed E-state index contributed by atoms with van der Waals surface area (Å²) in [6.45, 7) is 5.02. The van der Waals surface area contributed by atoms with Gasteiger partial charge in [0.2, 0.25) is 5.91 Å². The van der Waals surface area contributed by atoms with Gasteiger partial charge >= 0.3 is 0 Å². The Balaban J connectivity index is 1.68. The zero-order valence-electron chi connectivity index (χ0n) is 15.6. The van der Waals surface area contributed by atoms with Crippen LogP contribution in [-0.4, -0.2) is 10.5 Å². The highest BCUT2D eigenvalue weighted by atomic mass is 32.1. The van der Waals surface area contributed by atoms with Crippen LogP contribution < -0.4 is 4.90 Å². The van der Waals surface area contributed by atoms with Gasteiger partial charge in [-0.2, -0.15) is 0 Å². The number of benzene rings is 2. The molecule has 4 heteroatoms. The lowest BCUT2D eigenvalue weighted by Gasteiger charge is -2.24. The molecule has 3 nitrogen and oxygen atoms in total. The molecule has 27 heavy (non-hydrogen) atoms. The summed E-state index contributed by atoms with van der Waals surface area (Å²) in [5.41, 5.74) is 5.46. The topological polar surface area (TPSA) is 25.2 Å². The molecule has 0 saturated heterocycles. The van der Waals surface area contributed by atoms with E-state index in [4.69, 9.17) is 0 Å². The maximum atomic E-state index is 13.4. The molecular weight excluding hydrogens is 352 g/mol. The van der Waals surface area contributed by atoms with E-state index < -0.39 is 0 Å². The van der Waals surface area contributed by atoms with Crippen molar-refractivity contribution in [3.05, 3.63) is 88.9 Å². The molecule has 1 amide bonds. The minimum atomic E-state index is 0.0938. The smallest absolute Gasteiger partial charge is 0.247 e. The third-order valence-corrected chi connectivity index (χ3v) is 5.67. The summed E-state index contributed by atoms with van der Waals surface area (Å²) in [7, 11) is 0. The van der Waals surface area contributed by atoms with Gasteiger partial charge in [-0.25, -0.2) is 0 Å². The maximum absolute atomic E-state index is 13.4. The first kappa shape index (κ1) is 17.6. The lowest BCUT2D eigenvalue weighted by molar-refractivity contribution is -0.119. The van der Waals surface area contributed by atoms with E-state index in [1.807, 2.05) is 35.2 Å². The summed E-state index contributed by atoms with van der Waals surface area (Å²) in [5, 5.41) is 2.08. The van der Waals surface area contributed by atoms with E-state index in [1.165, 1.54) is 4.70 Å². The van der Waals surface area contributed by atoms with Crippen molar-refractivity contribution in [1.29, 1.82) is 0 Å². The molecule has 2 aromatic heterocycles. The Bertz CT molecular complexity index is 1080. The Morgan fingerprint density at radius 2 is 1.81 bits per heavy atom. The predicted molar refractivity (Wildman–Crippen MR) is 113 cm³/mol. The predicted octanol–water partition coefficient (Wildman–Crippen LogP) is 5.55. The Morgan fingerprint density at radius 1 is 1.00 bits per heavy atom. The van der Waals surface area contributed by atoms with Crippen molar-refractivity contribution < 1.29 is 4.79 Å². The van der Waals surface area contributed by atoms with Gasteiger partial charge in [0.25, 0.3) is 0 Å². The Morgan fingerprint density at radius 3 is 2.59 bits per heavy atom. The monoisotopic (exact) mass is 374 g/mol. The SMILES string of the molecule is Cc1cccc(N(Cc2ccccc2)C(=O)Cn2c(C)cc3sccc32)c1. The Hall–Kier alpha value is -2.85. The molecule has 0 aliphatic rings. The first-order chi connectivity index (χ1) is 13.1. The molecule has 2 aromatic carbocycles. The first-order valence-electron chi connectivity index (χ1n) is 9.06. The molecule has 0 radical (unpaired) electrons. The van der Waals surface area contributed by atoms with E-state index in [2.05, 4.69) is 60.2 Å². The first-order valence-corrected chi connectivity index (χ1v) is 9.94. The van der Waals surface area contributed by atoms with Crippen LogP contribution in [0.15, 0.2) is 72.1 Å². The number of anilines is 1. The van der Waals surface area contributed by atoms with Crippen molar-refractivity contribution in [3.63, 3.8) is 0 Å². The van der Waals surface area contributed by atoms with Crippen LogP contribution in [0, 0.1) is 13.8 Å². The number of aromatic nitrogens is 1. The van der Waals surface area contributed by atoms with Gasteiger partial charge in [-0.05, 0) is 54.6 Å². The molecular formula is C23H22N2OS. The zero-order chi connectivity index (χ0) is 18.8. The van der Waals surface area contributed by atoms with Crippen LogP contribution in [0.5, 0.6) is 0 Å². The van der Waals surface area contributed by atoms with Crippen LogP contribution >= 0.6 is 11.3 Å². The van der Waals surface area contributed by atoms with Gasteiger partial charge in [-0.15, -0.1) is 11.3 Å².